The number of benzene rings is 1. The molecule has 5 heteroatoms. The highest BCUT2D eigenvalue weighted by Crippen LogP contribution is 2.21. The average Bonchev–Trinajstić information content (AvgIpc) is 2.76. The lowest BCUT2D eigenvalue weighted by molar-refractivity contribution is 0.840. The quantitative estimate of drug-likeness (QED) is 0.511. The molecule has 0 N–H and O–H groups in total. The molecule has 0 aliphatic carbocycles. The summed E-state index contributed by atoms with van der Waals surface area (Å²) in [5.74, 6) is 0. The Labute approximate surface area is 99.4 Å². The van der Waals surface area contributed by atoms with E-state index in [4.69, 9.17) is 0 Å². The van der Waals surface area contributed by atoms with Gasteiger partial charge in [-0.1, -0.05) is 40.8 Å². The molecule has 0 bridgehead atoms. The SMILES string of the molecule is ICc1cccc2ccc3nnnn3c12. The number of hydrogen-bond acceptors (Lipinski definition) is 3. The molecule has 0 atom stereocenters. The number of alkyl halides is 1. The third-order valence-electron chi connectivity index (χ3n) is 2.41. The van der Waals surface area contributed by atoms with Gasteiger partial charge in [0.25, 0.3) is 0 Å². The summed E-state index contributed by atoms with van der Waals surface area (Å²) in [6.07, 6.45) is 0. The molecule has 1 aromatic carbocycles. The van der Waals surface area contributed by atoms with Crippen LogP contribution in [0.3, 0.4) is 0 Å². The predicted octanol–water partition coefficient (Wildman–Crippen LogP) is 2.21. The number of pyridine rings is 1. The molecule has 3 rings (SSSR count). The second-order valence-corrected chi connectivity index (χ2v) is 4.03. The van der Waals surface area contributed by atoms with Gasteiger partial charge in [-0.15, -0.1) is 5.10 Å². The van der Waals surface area contributed by atoms with Crippen LogP contribution in [0.15, 0.2) is 30.3 Å². The Morgan fingerprint density at radius 2 is 2.13 bits per heavy atom. The van der Waals surface area contributed by atoms with Gasteiger partial charge in [-0.05, 0) is 28.1 Å². The van der Waals surface area contributed by atoms with Gasteiger partial charge in [0, 0.05) is 9.81 Å². The maximum atomic E-state index is 4.01. The molecule has 0 radical (unpaired) electrons. The standard InChI is InChI=1S/C10H7IN4/c11-6-8-3-1-2-7-4-5-9-12-13-14-15(9)10(7)8/h1-5H,6H2. The topological polar surface area (TPSA) is 43.1 Å². The van der Waals surface area contributed by atoms with Crippen molar-refractivity contribution in [3.8, 4) is 0 Å². The van der Waals surface area contributed by atoms with Crippen LogP contribution in [0.2, 0.25) is 0 Å². The summed E-state index contributed by atoms with van der Waals surface area (Å²) in [5, 5.41) is 12.8. The first kappa shape index (κ1) is 9.02. The van der Waals surface area contributed by atoms with Crippen LogP contribution in [0.4, 0.5) is 0 Å². The average molecular weight is 310 g/mol. The zero-order valence-electron chi connectivity index (χ0n) is 7.76. The summed E-state index contributed by atoms with van der Waals surface area (Å²) in [7, 11) is 0. The summed E-state index contributed by atoms with van der Waals surface area (Å²) in [5.41, 5.74) is 3.15. The van der Waals surface area contributed by atoms with Crippen molar-refractivity contribution >= 4 is 39.1 Å². The molecule has 3 aromatic rings. The Hall–Kier alpha value is -1.24. The maximum absolute atomic E-state index is 4.01. The molecule has 2 aromatic heterocycles. The summed E-state index contributed by atoms with van der Waals surface area (Å²) in [6, 6.07) is 10.2. The highest BCUT2D eigenvalue weighted by Gasteiger charge is 2.06. The van der Waals surface area contributed by atoms with Crippen molar-refractivity contribution < 1.29 is 0 Å². The molecule has 4 nitrogen and oxygen atoms in total. The van der Waals surface area contributed by atoms with Crippen molar-refractivity contribution in [2.45, 2.75) is 4.43 Å². The van der Waals surface area contributed by atoms with E-state index in [0.29, 0.717) is 0 Å². The minimum Gasteiger partial charge on any atom is -0.193 e. The molecule has 0 unspecified atom stereocenters. The molecule has 0 fully saturated rings. The minimum atomic E-state index is 0.791. The van der Waals surface area contributed by atoms with E-state index in [0.717, 1.165) is 15.6 Å². The summed E-state index contributed by atoms with van der Waals surface area (Å²) >= 11 is 2.35. The highest BCUT2D eigenvalue weighted by atomic mass is 127. The van der Waals surface area contributed by atoms with E-state index in [-0.39, 0.29) is 0 Å². The second-order valence-electron chi connectivity index (χ2n) is 3.27. The lowest BCUT2D eigenvalue weighted by Crippen LogP contribution is -1.94. The van der Waals surface area contributed by atoms with Gasteiger partial charge in [0.05, 0.1) is 5.52 Å². The van der Waals surface area contributed by atoms with Crippen LogP contribution in [0.25, 0.3) is 16.6 Å². The Bertz CT molecular complexity index is 631. The van der Waals surface area contributed by atoms with E-state index in [1.807, 2.05) is 6.07 Å². The minimum absolute atomic E-state index is 0.791. The monoisotopic (exact) mass is 310 g/mol. The lowest BCUT2D eigenvalue weighted by Gasteiger charge is -2.03. The Balaban J connectivity index is 2.58. The van der Waals surface area contributed by atoms with Crippen LogP contribution in [0, 0.1) is 0 Å². The Morgan fingerprint density at radius 3 is 3.00 bits per heavy atom. The van der Waals surface area contributed by atoms with Crippen LogP contribution in [0.5, 0.6) is 0 Å². The Morgan fingerprint density at radius 1 is 1.20 bits per heavy atom. The largest absolute Gasteiger partial charge is 0.193 e. The molecular weight excluding hydrogens is 303 g/mol. The molecule has 0 saturated carbocycles. The highest BCUT2D eigenvalue weighted by molar-refractivity contribution is 14.1. The number of hydrogen-bond donors (Lipinski definition) is 0. The van der Waals surface area contributed by atoms with Crippen molar-refractivity contribution in [2.24, 2.45) is 0 Å². The van der Waals surface area contributed by atoms with Gasteiger partial charge in [0.2, 0.25) is 0 Å². The molecule has 15 heavy (non-hydrogen) atoms. The fourth-order valence-corrected chi connectivity index (χ4v) is 2.35. The molecule has 74 valence electrons. The van der Waals surface area contributed by atoms with Gasteiger partial charge in [-0.25, -0.2) is 0 Å². The summed E-state index contributed by atoms with van der Waals surface area (Å²) < 4.78 is 2.75. The molecule has 0 aliphatic heterocycles. The van der Waals surface area contributed by atoms with Crippen molar-refractivity contribution in [3.63, 3.8) is 0 Å². The van der Waals surface area contributed by atoms with Gasteiger partial charge >= 0.3 is 0 Å². The zero-order valence-corrected chi connectivity index (χ0v) is 9.92. The van der Waals surface area contributed by atoms with Gasteiger partial charge in [0.15, 0.2) is 5.65 Å². The van der Waals surface area contributed by atoms with Gasteiger partial charge < -0.3 is 0 Å². The number of rotatable bonds is 1. The summed E-state index contributed by atoms with van der Waals surface area (Å²) in [4.78, 5) is 0. The third-order valence-corrected chi connectivity index (χ3v) is 3.23. The van der Waals surface area contributed by atoms with E-state index >= 15 is 0 Å². The number of para-hydroxylation sites is 1. The molecular formula is C10H7IN4. The lowest BCUT2D eigenvalue weighted by atomic mass is 10.1. The molecule has 0 aliphatic rings. The second kappa shape index (κ2) is 3.41. The molecule has 0 amide bonds. The van der Waals surface area contributed by atoms with E-state index in [9.17, 15) is 0 Å². The smallest absolute Gasteiger partial charge is 0.179 e. The number of aromatic nitrogens is 4. The maximum Gasteiger partial charge on any atom is 0.179 e. The normalized spacial score (nSPS) is 11.3. The predicted molar refractivity (Wildman–Crippen MR) is 66.0 cm³/mol. The fourth-order valence-electron chi connectivity index (χ4n) is 1.73. The first-order valence-electron chi connectivity index (χ1n) is 4.55. The molecule has 0 spiro atoms. The zero-order chi connectivity index (χ0) is 10.3. The van der Waals surface area contributed by atoms with Gasteiger partial charge in [-0.2, -0.15) is 4.52 Å². The first-order valence-corrected chi connectivity index (χ1v) is 6.07. The van der Waals surface area contributed by atoms with Crippen molar-refractivity contribution in [1.29, 1.82) is 0 Å². The Kier molecular flexibility index (Phi) is 2.05. The first-order chi connectivity index (χ1) is 7.40. The van der Waals surface area contributed by atoms with Gasteiger partial charge in [-0.3, -0.25) is 0 Å². The fraction of sp³-hybridized carbons (Fsp3) is 0.100. The van der Waals surface area contributed by atoms with E-state index in [1.54, 1.807) is 4.52 Å². The molecule has 2 heterocycles. The number of tetrazole rings is 1. The van der Waals surface area contributed by atoms with E-state index in [2.05, 4.69) is 62.4 Å². The van der Waals surface area contributed by atoms with Crippen LogP contribution in [-0.2, 0) is 4.43 Å². The van der Waals surface area contributed by atoms with Crippen molar-refractivity contribution in [3.05, 3.63) is 35.9 Å². The molecule has 0 saturated heterocycles. The van der Waals surface area contributed by atoms with Crippen molar-refractivity contribution in [1.82, 2.24) is 20.0 Å². The summed E-state index contributed by atoms with van der Waals surface area (Å²) in [6.45, 7) is 0. The third kappa shape index (κ3) is 1.30. The van der Waals surface area contributed by atoms with E-state index < -0.39 is 0 Å². The number of nitrogens with zero attached hydrogens (tertiary/aromatic N) is 4. The number of halogens is 1. The van der Waals surface area contributed by atoms with Crippen LogP contribution in [-0.4, -0.2) is 20.0 Å². The number of fused-ring (bicyclic) bond motifs is 3. The van der Waals surface area contributed by atoms with E-state index in [1.165, 1.54) is 10.9 Å². The van der Waals surface area contributed by atoms with Crippen LogP contribution >= 0.6 is 22.6 Å². The van der Waals surface area contributed by atoms with Crippen molar-refractivity contribution in [2.75, 3.05) is 0 Å². The van der Waals surface area contributed by atoms with Crippen LogP contribution < -0.4 is 0 Å². The van der Waals surface area contributed by atoms with Crippen LogP contribution in [0.1, 0.15) is 5.56 Å². The van der Waals surface area contributed by atoms with Gasteiger partial charge in [0.1, 0.15) is 0 Å².